The van der Waals surface area contributed by atoms with Crippen LogP contribution >= 0.6 is 0 Å². The van der Waals surface area contributed by atoms with Crippen molar-refractivity contribution in [3.63, 3.8) is 0 Å². The molecule has 5 rings (SSSR count). The molecule has 1 N–H and O–H groups in total. The Labute approximate surface area is 234 Å². The molecule has 1 saturated heterocycles. The molecule has 206 valence electrons. The molecule has 0 bridgehead atoms. The van der Waals surface area contributed by atoms with Gasteiger partial charge in [-0.3, -0.25) is 14.5 Å². The molecule has 1 aromatic heterocycles. The molecule has 0 unspecified atom stereocenters. The highest BCUT2D eigenvalue weighted by atomic mass is 16.5. The normalized spacial score (nSPS) is 14.1. The molecule has 0 atom stereocenters. The zero-order chi connectivity index (χ0) is 27.9. The van der Waals surface area contributed by atoms with Crippen molar-refractivity contribution >= 4 is 34.7 Å². The SMILES string of the molecule is COc1ccccc1N1CCN(CCCNC(=O)c2cccc3c(=O)c(C)c(/C=C/c4ccccc4)oc23)CC1. The van der Waals surface area contributed by atoms with Gasteiger partial charge in [0.1, 0.15) is 11.5 Å². The summed E-state index contributed by atoms with van der Waals surface area (Å²) in [5.41, 5.74) is 3.20. The summed E-state index contributed by atoms with van der Waals surface area (Å²) in [5, 5.41) is 3.43. The summed E-state index contributed by atoms with van der Waals surface area (Å²) in [5.74, 6) is 1.11. The third-order valence-electron chi connectivity index (χ3n) is 7.39. The second-order valence-electron chi connectivity index (χ2n) is 9.96. The molecule has 1 aliphatic rings. The zero-order valence-corrected chi connectivity index (χ0v) is 23.1. The van der Waals surface area contributed by atoms with Gasteiger partial charge in [-0.05, 0) is 55.8 Å². The number of anilines is 1. The van der Waals surface area contributed by atoms with Crippen molar-refractivity contribution < 1.29 is 13.9 Å². The third kappa shape index (κ3) is 6.10. The van der Waals surface area contributed by atoms with E-state index in [-0.39, 0.29) is 11.3 Å². The van der Waals surface area contributed by atoms with E-state index in [2.05, 4.69) is 21.2 Å². The molecular weight excluding hydrogens is 502 g/mol. The number of carbonyl (C=O) groups excluding carboxylic acids is 1. The van der Waals surface area contributed by atoms with E-state index in [9.17, 15) is 9.59 Å². The maximum Gasteiger partial charge on any atom is 0.255 e. The summed E-state index contributed by atoms with van der Waals surface area (Å²) in [4.78, 5) is 31.0. The van der Waals surface area contributed by atoms with Gasteiger partial charge in [-0.25, -0.2) is 0 Å². The number of carbonyl (C=O) groups is 1. The van der Waals surface area contributed by atoms with Crippen molar-refractivity contribution in [3.8, 4) is 5.75 Å². The second-order valence-corrected chi connectivity index (χ2v) is 9.96. The Morgan fingerprint density at radius 3 is 2.48 bits per heavy atom. The number of amides is 1. The highest BCUT2D eigenvalue weighted by Crippen LogP contribution is 2.28. The fourth-order valence-corrected chi connectivity index (χ4v) is 5.10. The van der Waals surface area contributed by atoms with Crippen LogP contribution in [-0.4, -0.2) is 57.2 Å². The number of hydrogen-bond donors (Lipinski definition) is 1. The molecule has 40 heavy (non-hydrogen) atoms. The summed E-state index contributed by atoms with van der Waals surface area (Å²) in [6.45, 7) is 6.97. The number of ether oxygens (including phenoxy) is 1. The van der Waals surface area contributed by atoms with E-state index in [1.165, 1.54) is 0 Å². The number of hydrogen-bond acceptors (Lipinski definition) is 6. The topological polar surface area (TPSA) is 75.0 Å². The average molecular weight is 538 g/mol. The predicted molar refractivity (Wildman–Crippen MR) is 161 cm³/mol. The number of fused-ring (bicyclic) bond motifs is 1. The predicted octanol–water partition coefficient (Wildman–Crippen LogP) is 5.22. The molecule has 0 saturated carbocycles. The summed E-state index contributed by atoms with van der Waals surface area (Å²) >= 11 is 0. The molecule has 7 nitrogen and oxygen atoms in total. The van der Waals surface area contributed by atoms with Gasteiger partial charge in [0.25, 0.3) is 5.91 Å². The first kappa shape index (κ1) is 27.2. The van der Waals surface area contributed by atoms with Gasteiger partial charge < -0.3 is 19.4 Å². The lowest BCUT2D eigenvalue weighted by molar-refractivity contribution is 0.0952. The van der Waals surface area contributed by atoms with Gasteiger partial charge >= 0.3 is 0 Å². The number of rotatable bonds is 9. The lowest BCUT2D eigenvalue weighted by Crippen LogP contribution is -2.47. The van der Waals surface area contributed by atoms with E-state index in [1.807, 2.05) is 54.6 Å². The molecule has 4 aromatic rings. The van der Waals surface area contributed by atoms with Crippen molar-refractivity contribution in [2.45, 2.75) is 13.3 Å². The average Bonchev–Trinajstić information content (AvgIpc) is 3.00. The van der Waals surface area contributed by atoms with E-state index in [0.29, 0.717) is 34.4 Å². The minimum atomic E-state index is -0.239. The molecule has 7 heteroatoms. The van der Waals surface area contributed by atoms with Gasteiger partial charge in [0.05, 0.1) is 23.7 Å². The van der Waals surface area contributed by atoms with E-state index in [1.54, 1.807) is 38.3 Å². The Bertz CT molecular complexity index is 1550. The zero-order valence-electron chi connectivity index (χ0n) is 23.1. The first-order chi connectivity index (χ1) is 19.5. The van der Waals surface area contributed by atoms with Crippen LogP contribution in [-0.2, 0) is 0 Å². The van der Waals surface area contributed by atoms with Crippen molar-refractivity contribution in [1.29, 1.82) is 0 Å². The minimum Gasteiger partial charge on any atom is -0.495 e. The maximum atomic E-state index is 13.1. The highest BCUT2D eigenvalue weighted by Gasteiger charge is 2.20. The van der Waals surface area contributed by atoms with Gasteiger partial charge in [0.15, 0.2) is 11.0 Å². The van der Waals surface area contributed by atoms with Crippen molar-refractivity contribution in [2.75, 3.05) is 51.3 Å². The number of nitrogens with one attached hydrogen (secondary N) is 1. The molecule has 2 heterocycles. The monoisotopic (exact) mass is 537 g/mol. The fraction of sp³-hybridized carbons (Fsp3) is 0.273. The largest absolute Gasteiger partial charge is 0.495 e. The first-order valence-electron chi connectivity index (χ1n) is 13.7. The standard InChI is InChI=1S/C33H35N3O4/c1-24-29(17-16-25-10-4-3-5-11-25)40-32-26(31(24)37)12-8-13-27(32)33(38)34-18-9-19-35-20-22-36(23-21-35)28-14-6-7-15-30(28)39-2/h3-8,10-17H,9,18-23H2,1-2H3,(H,34,38)/b17-16+. The highest BCUT2D eigenvalue weighted by molar-refractivity contribution is 6.04. The molecule has 0 aliphatic carbocycles. The molecule has 0 radical (unpaired) electrons. The number of nitrogens with zero attached hydrogens (tertiary/aromatic N) is 2. The molecule has 1 amide bonds. The van der Waals surface area contributed by atoms with Crippen LogP contribution in [0.1, 0.15) is 33.7 Å². The van der Waals surface area contributed by atoms with E-state index >= 15 is 0 Å². The summed E-state index contributed by atoms with van der Waals surface area (Å²) in [6.07, 6.45) is 4.52. The van der Waals surface area contributed by atoms with Crippen LogP contribution in [0.15, 0.2) is 82.0 Å². The van der Waals surface area contributed by atoms with Crippen molar-refractivity contribution in [1.82, 2.24) is 10.2 Å². The maximum absolute atomic E-state index is 13.1. The summed E-state index contributed by atoms with van der Waals surface area (Å²) in [6, 6.07) is 23.1. The van der Waals surface area contributed by atoms with Crippen molar-refractivity contribution in [3.05, 3.63) is 105 Å². The molecule has 1 fully saturated rings. The number of para-hydroxylation sites is 3. The Morgan fingerprint density at radius 2 is 1.70 bits per heavy atom. The van der Waals surface area contributed by atoms with Gasteiger partial charge in [0.2, 0.25) is 0 Å². The number of benzene rings is 3. The van der Waals surface area contributed by atoms with E-state index in [0.717, 1.165) is 56.1 Å². The quantitative estimate of drug-likeness (QED) is 0.295. The van der Waals surface area contributed by atoms with Crippen LogP contribution in [0.3, 0.4) is 0 Å². The first-order valence-corrected chi connectivity index (χ1v) is 13.7. The minimum absolute atomic E-state index is 0.129. The van der Waals surface area contributed by atoms with Crippen LogP contribution in [0.5, 0.6) is 5.75 Å². The summed E-state index contributed by atoms with van der Waals surface area (Å²) in [7, 11) is 1.71. The molecule has 1 aliphatic heterocycles. The number of piperazine rings is 1. The van der Waals surface area contributed by atoms with Gasteiger partial charge in [-0.1, -0.05) is 54.6 Å². The second kappa shape index (κ2) is 12.7. The Morgan fingerprint density at radius 1 is 0.950 bits per heavy atom. The van der Waals surface area contributed by atoms with E-state index in [4.69, 9.17) is 9.15 Å². The van der Waals surface area contributed by atoms with Crippen LogP contribution < -0.4 is 20.4 Å². The van der Waals surface area contributed by atoms with Gasteiger partial charge in [-0.15, -0.1) is 0 Å². The van der Waals surface area contributed by atoms with Crippen LogP contribution in [0.4, 0.5) is 5.69 Å². The summed E-state index contributed by atoms with van der Waals surface area (Å²) < 4.78 is 11.7. The molecule has 3 aromatic carbocycles. The van der Waals surface area contributed by atoms with Crippen LogP contribution in [0, 0.1) is 6.92 Å². The van der Waals surface area contributed by atoms with Gasteiger partial charge in [-0.2, -0.15) is 0 Å². The lowest BCUT2D eigenvalue weighted by atomic mass is 10.1. The lowest BCUT2D eigenvalue weighted by Gasteiger charge is -2.36. The van der Waals surface area contributed by atoms with Gasteiger partial charge in [0, 0.05) is 38.3 Å². The van der Waals surface area contributed by atoms with Crippen LogP contribution in [0.25, 0.3) is 23.1 Å². The fourth-order valence-electron chi connectivity index (χ4n) is 5.10. The Kier molecular flexibility index (Phi) is 8.62. The third-order valence-corrected chi connectivity index (χ3v) is 7.39. The molecule has 0 spiro atoms. The Balaban J connectivity index is 1.19. The smallest absolute Gasteiger partial charge is 0.255 e. The number of methoxy groups -OCH3 is 1. The van der Waals surface area contributed by atoms with Crippen molar-refractivity contribution in [2.24, 2.45) is 0 Å². The Hall–Kier alpha value is -4.36. The van der Waals surface area contributed by atoms with Crippen LogP contribution in [0.2, 0.25) is 0 Å². The van der Waals surface area contributed by atoms with E-state index < -0.39 is 0 Å². The molecular formula is C33H35N3O4.